The average Bonchev–Trinajstić information content (AvgIpc) is 2.49. The SMILES string of the molecule is COC1(c2ccc(O)cc2O)COc2cc(O)ccc2C1=O. The predicted molar refractivity (Wildman–Crippen MR) is 76.4 cm³/mol. The van der Waals surface area contributed by atoms with Crippen LogP contribution in [0.1, 0.15) is 15.9 Å². The number of ether oxygens (including phenoxy) is 2. The van der Waals surface area contributed by atoms with Gasteiger partial charge in [0.25, 0.3) is 0 Å². The van der Waals surface area contributed by atoms with Crippen molar-refractivity contribution >= 4 is 5.78 Å². The monoisotopic (exact) mass is 302 g/mol. The lowest BCUT2D eigenvalue weighted by Crippen LogP contribution is -2.46. The van der Waals surface area contributed by atoms with E-state index < -0.39 is 11.4 Å². The van der Waals surface area contributed by atoms with Crippen molar-refractivity contribution in [3.05, 3.63) is 47.5 Å². The average molecular weight is 302 g/mol. The molecule has 0 saturated heterocycles. The van der Waals surface area contributed by atoms with Crippen LogP contribution in [0.2, 0.25) is 0 Å². The van der Waals surface area contributed by atoms with Gasteiger partial charge in [0.15, 0.2) is 5.60 Å². The van der Waals surface area contributed by atoms with Gasteiger partial charge < -0.3 is 24.8 Å². The summed E-state index contributed by atoms with van der Waals surface area (Å²) in [5, 5.41) is 28.9. The molecule has 2 aromatic carbocycles. The van der Waals surface area contributed by atoms with E-state index in [9.17, 15) is 20.1 Å². The Kier molecular flexibility index (Phi) is 3.18. The molecule has 0 radical (unpaired) electrons. The molecule has 0 aromatic heterocycles. The first-order valence-corrected chi connectivity index (χ1v) is 6.56. The molecular formula is C16H14O6. The number of Topliss-reactive ketones (excluding diaryl/α,β-unsaturated/α-hetero) is 1. The minimum atomic E-state index is -1.51. The molecule has 6 heteroatoms. The number of phenolic OH excluding ortho intramolecular Hbond substituents is 3. The van der Waals surface area contributed by atoms with E-state index in [1.807, 2.05) is 0 Å². The van der Waals surface area contributed by atoms with Crippen molar-refractivity contribution in [1.29, 1.82) is 0 Å². The van der Waals surface area contributed by atoms with Gasteiger partial charge in [-0.25, -0.2) is 0 Å². The summed E-state index contributed by atoms with van der Waals surface area (Å²) in [5.41, 5.74) is -1.06. The van der Waals surface area contributed by atoms with Crippen LogP contribution < -0.4 is 4.74 Å². The van der Waals surface area contributed by atoms with E-state index in [0.29, 0.717) is 0 Å². The molecule has 22 heavy (non-hydrogen) atoms. The van der Waals surface area contributed by atoms with E-state index >= 15 is 0 Å². The van der Waals surface area contributed by atoms with Gasteiger partial charge >= 0.3 is 0 Å². The number of ketones is 1. The fraction of sp³-hybridized carbons (Fsp3) is 0.188. The molecule has 1 aliphatic rings. The molecule has 3 rings (SSSR count). The minimum Gasteiger partial charge on any atom is -0.508 e. The first kappa shape index (κ1) is 14.2. The topological polar surface area (TPSA) is 96.2 Å². The van der Waals surface area contributed by atoms with Gasteiger partial charge in [-0.1, -0.05) is 0 Å². The zero-order valence-electron chi connectivity index (χ0n) is 11.7. The Bertz CT molecular complexity index is 754. The molecule has 0 aliphatic carbocycles. The lowest BCUT2D eigenvalue weighted by Gasteiger charge is -2.35. The first-order valence-electron chi connectivity index (χ1n) is 6.56. The van der Waals surface area contributed by atoms with E-state index in [-0.39, 0.29) is 40.7 Å². The summed E-state index contributed by atoms with van der Waals surface area (Å²) in [6, 6.07) is 8.08. The minimum absolute atomic E-state index is 0.0102. The molecular weight excluding hydrogens is 288 g/mol. The Morgan fingerprint density at radius 1 is 1.09 bits per heavy atom. The van der Waals surface area contributed by atoms with E-state index in [2.05, 4.69) is 0 Å². The maximum atomic E-state index is 12.9. The third-order valence-electron chi connectivity index (χ3n) is 3.77. The maximum absolute atomic E-state index is 12.9. The molecule has 1 aliphatic heterocycles. The highest BCUT2D eigenvalue weighted by molar-refractivity contribution is 6.06. The molecule has 3 N–H and O–H groups in total. The second kappa shape index (κ2) is 4.92. The van der Waals surface area contributed by atoms with Crippen LogP contribution in [0.5, 0.6) is 23.0 Å². The smallest absolute Gasteiger partial charge is 0.206 e. The molecule has 1 atom stereocenters. The molecule has 114 valence electrons. The summed E-state index contributed by atoms with van der Waals surface area (Å²) in [6.45, 7) is -0.156. The quantitative estimate of drug-likeness (QED) is 0.784. The Labute approximate surface area is 126 Å². The number of aromatic hydroxyl groups is 3. The molecule has 0 fully saturated rings. The van der Waals surface area contributed by atoms with Gasteiger partial charge in [-0.05, 0) is 24.3 Å². The largest absolute Gasteiger partial charge is 0.508 e. The number of carbonyl (C=O) groups excluding carboxylic acids is 1. The van der Waals surface area contributed by atoms with Crippen molar-refractivity contribution in [3.63, 3.8) is 0 Å². The van der Waals surface area contributed by atoms with Gasteiger partial charge in [0.2, 0.25) is 5.78 Å². The van der Waals surface area contributed by atoms with Crippen LogP contribution in [-0.4, -0.2) is 34.8 Å². The lowest BCUT2D eigenvalue weighted by atomic mass is 9.83. The molecule has 0 spiro atoms. The molecule has 6 nitrogen and oxygen atoms in total. The number of methoxy groups -OCH3 is 1. The number of fused-ring (bicyclic) bond motifs is 1. The molecule has 0 saturated carbocycles. The van der Waals surface area contributed by atoms with E-state index in [0.717, 1.165) is 6.07 Å². The molecule has 0 bridgehead atoms. The summed E-state index contributed by atoms with van der Waals surface area (Å²) >= 11 is 0. The van der Waals surface area contributed by atoms with Crippen molar-refractivity contribution in [2.24, 2.45) is 0 Å². The summed E-state index contributed by atoms with van der Waals surface area (Å²) in [7, 11) is 1.35. The van der Waals surface area contributed by atoms with Gasteiger partial charge in [-0.3, -0.25) is 4.79 Å². The van der Waals surface area contributed by atoms with E-state index in [1.165, 1.54) is 37.4 Å². The van der Waals surface area contributed by atoms with Crippen molar-refractivity contribution in [2.75, 3.05) is 13.7 Å². The summed E-state index contributed by atoms with van der Waals surface area (Å²) in [5.74, 6) is -0.528. The Hall–Kier alpha value is -2.73. The van der Waals surface area contributed by atoms with Crippen LogP contribution in [0.15, 0.2) is 36.4 Å². The molecule has 1 unspecified atom stereocenters. The molecule has 0 amide bonds. The summed E-state index contributed by atoms with van der Waals surface area (Å²) < 4.78 is 10.9. The van der Waals surface area contributed by atoms with Gasteiger partial charge in [0, 0.05) is 24.8 Å². The van der Waals surface area contributed by atoms with Crippen molar-refractivity contribution in [2.45, 2.75) is 5.60 Å². The van der Waals surface area contributed by atoms with E-state index in [4.69, 9.17) is 9.47 Å². The highest BCUT2D eigenvalue weighted by atomic mass is 16.5. The number of carbonyl (C=O) groups is 1. The van der Waals surface area contributed by atoms with Gasteiger partial charge in [-0.2, -0.15) is 0 Å². The third-order valence-corrected chi connectivity index (χ3v) is 3.77. The number of hydrogen-bond donors (Lipinski definition) is 3. The second-order valence-electron chi connectivity index (χ2n) is 5.03. The molecule has 1 heterocycles. The van der Waals surface area contributed by atoms with Crippen LogP contribution in [0.4, 0.5) is 0 Å². The number of phenols is 3. The first-order chi connectivity index (χ1) is 10.5. The maximum Gasteiger partial charge on any atom is 0.206 e. The fourth-order valence-corrected chi connectivity index (χ4v) is 2.60. The summed E-state index contributed by atoms with van der Waals surface area (Å²) in [4.78, 5) is 12.9. The number of benzene rings is 2. The van der Waals surface area contributed by atoms with Crippen molar-refractivity contribution < 1.29 is 29.6 Å². The third kappa shape index (κ3) is 1.96. The van der Waals surface area contributed by atoms with Crippen LogP contribution in [-0.2, 0) is 10.3 Å². The Morgan fingerprint density at radius 2 is 1.77 bits per heavy atom. The van der Waals surface area contributed by atoms with Crippen LogP contribution in [0, 0.1) is 0 Å². The highest BCUT2D eigenvalue weighted by Crippen LogP contribution is 2.42. The summed E-state index contributed by atoms with van der Waals surface area (Å²) in [6.07, 6.45) is 0. The fourth-order valence-electron chi connectivity index (χ4n) is 2.60. The number of hydrogen-bond acceptors (Lipinski definition) is 6. The zero-order chi connectivity index (χ0) is 15.9. The standard InChI is InChI=1S/C16H14O6/c1-21-16(12-5-3-9(17)6-13(12)19)8-22-14-7-10(18)2-4-11(14)15(16)20/h2-7,17-19H,8H2,1H3. The normalized spacial score (nSPS) is 20.3. The predicted octanol–water partition coefficient (Wildman–Crippen LogP) is 1.92. The van der Waals surface area contributed by atoms with Gasteiger partial charge in [-0.15, -0.1) is 0 Å². The lowest BCUT2D eigenvalue weighted by molar-refractivity contribution is -0.0357. The molecule has 2 aromatic rings. The van der Waals surface area contributed by atoms with Crippen LogP contribution >= 0.6 is 0 Å². The van der Waals surface area contributed by atoms with Gasteiger partial charge in [0.05, 0.1) is 5.56 Å². The second-order valence-corrected chi connectivity index (χ2v) is 5.03. The van der Waals surface area contributed by atoms with Crippen LogP contribution in [0.25, 0.3) is 0 Å². The zero-order valence-corrected chi connectivity index (χ0v) is 11.7. The van der Waals surface area contributed by atoms with E-state index in [1.54, 1.807) is 0 Å². The highest BCUT2D eigenvalue weighted by Gasteiger charge is 2.47. The van der Waals surface area contributed by atoms with Crippen LogP contribution in [0.3, 0.4) is 0 Å². The Balaban J connectivity index is 2.15. The van der Waals surface area contributed by atoms with Crippen molar-refractivity contribution in [3.8, 4) is 23.0 Å². The van der Waals surface area contributed by atoms with Crippen molar-refractivity contribution in [1.82, 2.24) is 0 Å². The Morgan fingerprint density at radius 3 is 2.45 bits per heavy atom. The van der Waals surface area contributed by atoms with Gasteiger partial charge in [0.1, 0.15) is 29.6 Å². The number of rotatable bonds is 2.